The normalized spacial score (nSPS) is 25.0. The monoisotopic (exact) mass is 169 g/mol. The van der Waals surface area contributed by atoms with Crippen LogP contribution >= 0.6 is 0 Å². The zero-order valence-electron chi connectivity index (χ0n) is 8.68. The molecule has 1 heteroatoms. The zero-order valence-corrected chi connectivity index (χ0v) is 8.68. The highest BCUT2D eigenvalue weighted by molar-refractivity contribution is 4.71. The van der Waals surface area contributed by atoms with Crippen LogP contribution in [0.5, 0.6) is 0 Å². The van der Waals surface area contributed by atoms with Crippen molar-refractivity contribution in [2.75, 3.05) is 19.6 Å². The van der Waals surface area contributed by atoms with Crippen LogP contribution in [0.3, 0.4) is 0 Å². The summed E-state index contributed by atoms with van der Waals surface area (Å²) in [4.78, 5) is 2.63. The average molecular weight is 169 g/mol. The maximum Gasteiger partial charge on any atom is 0.000750 e. The lowest BCUT2D eigenvalue weighted by Crippen LogP contribution is -2.21. The Kier molecular flexibility index (Phi) is 4.67. The van der Waals surface area contributed by atoms with Crippen molar-refractivity contribution < 1.29 is 0 Å². The topological polar surface area (TPSA) is 3.24 Å². The number of hydrogen-bond donors (Lipinski definition) is 0. The second-order valence-electron chi connectivity index (χ2n) is 4.26. The third-order valence-corrected chi connectivity index (χ3v) is 2.84. The van der Waals surface area contributed by atoms with Crippen LogP contribution in [0.25, 0.3) is 0 Å². The summed E-state index contributed by atoms with van der Waals surface area (Å²) in [5.74, 6) is 0.955. The van der Waals surface area contributed by atoms with E-state index in [0.717, 1.165) is 5.92 Å². The van der Waals surface area contributed by atoms with Gasteiger partial charge < -0.3 is 4.90 Å². The second kappa shape index (κ2) is 5.58. The largest absolute Gasteiger partial charge is 0.303 e. The van der Waals surface area contributed by atoms with E-state index in [9.17, 15) is 0 Å². The van der Waals surface area contributed by atoms with E-state index in [0.29, 0.717) is 0 Å². The second-order valence-corrected chi connectivity index (χ2v) is 4.26. The van der Waals surface area contributed by atoms with Crippen LogP contribution in [0.4, 0.5) is 0 Å². The van der Waals surface area contributed by atoms with E-state index in [1.807, 2.05) is 0 Å². The lowest BCUT2D eigenvalue weighted by Gasteiger charge is -2.14. The number of hydrogen-bond acceptors (Lipinski definition) is 1. The SMILES string of the molecule is CCCCCCN1CCC(C)C1. The molecule has 0 N–H and O–H groups in total. The van der Waals surface area contributed by atoms with Gasteiger partial charge in [-0.25, -0.2) is 0 Å². The Balaban J connectivity index is 1.93. The molecule has 0 radical (unpaired) electrons. The summed E-state index contributed by atoms with van der Waals surface area (Å²) >= 11 is 0. The molecular weight excluding hydrogens is 146 g/mol. The van der Waals surface area contributed by atoms with Crippen molar-refractivity contribution in [1.82, 2.24) is 4.90 Å². The molecule has 0 aromatic heterocycles. The van der Waals surface area contributed by atoms with Gasteiger partial charge >= 0.3 is 0 Å². The van der Waals surface area contributed by atoms with Gasteiger partial charge in [0.25, 0.3) is 0 Å². The first-order chi connectivity index (χ1) is 5.83. The molecule has 1 rings (SSSR count). The molecule has 0 aliphatic carbocycles. The van der Waals surface area contributed by atoms with E-state index < -0.39 is 0 Å². The predicted octanol–water partition coefficient (Wildman–Crippen LogP) is 2.91. The van der Waals surface area contributed by atoms with Crippen molar-refractivity contribution >= 4 is 0 Å². The first-order valence-electron chi connectivity index (χ1n) is 5.55. The minimum absolute atomic E-state index is 0.955. The highest BCUT2D eigenvalue weighted by atomic mass is 15.1. The highest BCUT2D eigenvalue weighted by Crippen LogP contribution is 2.15. The van der Waals surface area contributed by atoms with Crippen LogP contribution in [-0.4, -0.2) is 24.5 Å². The zero-order chi connectivity index (χ0) is 8.81. The van der Waals surface area contributed by atoms with Gasteiger partial charge in [-0.15, -0.1) is 0 Å². The Morgan fingerprint density at radius 2 is 2.08 bits per heavy atom. The molecule has 72 valence electrons. The van der Waals surface area contributed by atoms with Crippen molar-refractivity contribution in [3.8, 4) is 0 Å². The van der Waals surface area contributed by atoms with Gasteiger partial charge in [-0.3, -0.25) is 0 Å². The Labute approximate surface area is 77.1 Å². The molecule has 0 bridgehead atoms. The maximum absolute atomic E-state index is 2.63. The fraction of sp³-hybridized carbons (Fsp3) is 1.00. The van der Waals surface area contributed by atoms with Gasteiger partial charge in [0.15, 0.2) is 0 Å². The Morgan fingerprint density at radius 3 is 2.67 bits per heavy atom. The standard InChI is InChI=1S/C11H23N/c1-3-4-5-6-8-12-9-7-11(2)10-12/h11H,3-10H2,1-2H3. The van der Waals surface area contributed by atoms with Gasteiger partial charge in [0, 0.05) is 6.54 Å². The summed E-state index contributed by atoms with van der Waals surface area (Å²) in [6, 6.07) is 0. The summed E-state index contributed by atoms with van der Waals surface area (Å²) in [7, 11) is 0. The van der Waals surface area contributed by atoms with Crippen molar-refractivity contribution in [1.29, 1.82) is 0 Å². The van der Waals surface area contributed by atoms with Gasteiger partial charge in [0.2, 0.25) is 0 Å². The van der Waals surface area contributed by atoms with Crippen molar-refractivity contribution in [2.45, 2.75) is 46.0 Å². The van der Waals surface area contributed by atoms with E-state index >= 15 is 0 Å². The predicted molar refractivity (Wildman–Crippen MR) is 54.4 cm³/mol. The minimum Gasteiger partial charge on any atom is -0.303 e. The fourth-order valence-electron chi connectivity index (χ4n) is 1.99. The number of likely N-dealkylation sites (tertiary alicyclic amines) is 1. The molecule has 0 saturated carbocycles. The lowest BCUT2D eigenvalue weighted by atomic mass is 10.2. The fourth-order valence-corrected chi connectivity index (χ4v) is 1.99. The van der Waals surface area contributed by atoms with Crippen molar-refractivity contribution in [2.24, 2.45) is 5.92 Å². The van der Waals surface area contributed by atoms with E-state index in [-0.39, 0.29) is 0 Å². The van der Waals surface area contributed by atoms with E-state index in [1.54, 1.807) is 0 Å². The molecule has 1 saturated heterocycles. The van der Waals surface area contributed by atoms with Crippen LogP contribution in [0.1, 0.15) is 46.0 Å². The van der Waals surface area contributed by atoms with Gasteiger partial charge in [-0.2, -0.15) is 0 Å². The molecular formula is C11H23N. The molecule has 1 nitrogen and oxygen atoms in total. The first kappa shape index (κ1) is 10.0. The summed E-state index contributed by atoms with van der Waals surface area (Å²) in [6.45, 7) is 8.70. The Hall–Kier alpha value is -0.0400. The summed E-state index contributed by atoms with van der Waals surface area (Å²) in [5.41, 5.74) is 0. The molecule has 1 heterocycles. The molecule has 0 spiro atoms. The Bertz CT molecular complexity index is 112. The van der Waals surface area contributed by atoms with Gasteiger partial charge in [0.05, 0.1) is 0 Å². The summed E-state index contributed by atoms with van der Waals surface area (Å²) in [5, 5.41) is 0. The smallest absolute Gasteiger partial charge is 0.000750 e. The molecule has 0 amide bonds. The lowest BCUT2D eigenvalue weighted by molar-refractivity contribution is 0.318. The summed E-state index contributed by atoms with van der Waals surface area (Å²) in [6.07, 6.45) is 7.05. The Morgan fingerprint density at radius 1 is 1.25 bits per heavy atom. The van der Waals surface area contributed by atoms with Crippen LogP contribution in [0, 0.1) is 5.92 Å². The molecule has 1 unspecified atom stereocenters. The van der Waals surface area contributed by atoms with Gasteiger partial charge in [-0.05, 0) is 31.8 Å². The number of unbranched alkanes of at least 4 members (excludes halogenated alkanes) is 3. The van der Waals surface area contributed by atoms with Gasteiger partial charge in [-0.1, -0.05) is 33.1 Å². The molecule has 1 aliphatic heterocycles. The maximum atomic E-state index is 2.63. The number of rotatable bonds is 5. The summed E-state index contributed by atoms with van der Waals surface area (Å²) < 4.78 is 0. The van der Waals surface area contributed by atoms with Crippen LogP contribution in [0.15, 0.2) is 0 Å². The first-order valence-corrected chi connectivity index (χ1v) is 5.55. The molecule has 12 heavy (non-hydrogen) atoms. The average Bonchev–Trinajstić information content (AvgIpc) is 2.45. The molecule has 0 aromatic rings. The molecule has 1 fully saturated rings. The van der Waals surface area contributed by atoms with Crippen LogP contribution < -0.4 is 0 Å². The molecule has 1 aliphatic rings. The number of nitrogens with zero attached hydrogens (tertiary/aromatic N) is 1. The molecule has 0 aromatic carbocycles. The third-order valence-electron chi connectivity index (χ3n) is 2.84. The van der Waals surface area contributed by atoms with E-state index in [4.69, 9.17) is 0 Å². The quantitative estimate of drug-likeness (QED) is 0.572. The van der Waals surface area contributed by atoms with Crippen molar-refractivity contribution in [3.05, 3.63) is 0 Å². The minimum atomic E-state index is 0.955. The van der Waals surface area contributed by atoms with E-state index in [1.165, 1.54) is 51.7 Å². The van der Waals surface area contributed by atoms with Gasteiger partial charge in [0.1, 0.15) is 0 Å². The van der Waals surface area contributed by atoms with E-state index in [2.05, 4.69) is 18.7 Å². The van der Waals surface area contributed by atoms with Crippen LogP contribution in [-0.2, 0) is 0 Å². The van der Waals surface area contributed by atoms with Crippen molar-refractivity contribution in [3.63, 3.8) is 0 Å². The highest BCUT2D eigenvalue weighted by Gasteiger charge is 2.17. The third kappa shape index (κ3) is 3.57. The molecule has 1 atom stereocenters. The van der Waals surface area contributed by atoms with Crippen LogP contribution in [0.2, 0.25) is 0 Å².